The Bertz CT molecular complexity index is 358. The first-order valence-electron chi connectivity index (χ1n) is 5.07. The Morgan fingerprint density at radius 2 is 1.94 bits per heavy atom. The van der Waals surface area contributed by atoms with E-state index in [2.05, 4.69) is 15.9 Å². The van der Waals surface area contributed by atoms with Gasteiger partial charge in [-0.05, 0) is 25.0 Å². The minimum Gasteiger partial charge on any atom is -0.324 e. The molecule has 0 bridgehead atoms. The van der Waals surface area contributed by atoms with Gasteiger partial charge in [-0.25, -0.2) is 4.39 Å². The molecule has 1 nitrogen and oxygen atoms in total. The smallest absolute Gasteiger partial charge is 0.324 e. The second-order valence-corrected chi connectivity index (χ2v) is 4.60. The number of halogens is 5. The van der Waals surface area contributed by atoms with Gasteiger partial charge in [0.2, 0.25) is 0 Å². The topological polar surface area (TPSA) is 26.0 Å². The lowest BCUT2D eigenvalue weighted by molar-refractivity contribution is -0.135. The Kier molecular flexibility index (Phi) is 4.94. The maximum absolute atomic E-state index is 13.4. The number of nitrogens with two attached hydrogens (primary N) is 1. The second kappa shape index (κ2) is 5.82. The van der Waals surface area contributed by atoms with Crippen LogP contribution < -0.4 is 5.73 Å². The van der Waals surface area contributed by atoms with Crippen molar-refractivity contribution in [3.05, 3.63) is 34.1 Å². The van der Waals surface area contributed by atoms with Gasteiger partial charge in [0.25, 0.3) is 0 Å². The van der Waals surface area contributed by atoms with Crippen molar-refractivity contribution in [1.82, 2.24) is 0 Å². The van der Waals surface area contributed by atoms with Crippen molar-refractivity contribution in [2.24, 2.45) is 5.73 Å². The summed E-state index contributed by atoms with van der Waals surface area (Å²) in [5.74, 6) is -0.501. The van der Waals surface area contributed by atoms with Crippen LogP contribution in [0.15, 0.2) is 22.7 Å². The number of alkyl halides is 3. The molecule has 0 fully saturated rings. The summed E-state index contributed by atoms with van der Waals surface area (Å²) in [7, 11) is 0. The van der Waals surface area contributed by atoms with Crippen molar-refractivity contribution < 1.29 is 17.6 Å². The first-order chi connectivity index (χ1) is 7.81. The van der Waals surface area contributed by atoms with Crippen LogP contribution >= 0.6 is 15.9 Å². The van der Waals surface area contributed by atoms with E-state index in [-0.39, 0.29) is 18.4 Å². The van der Waals surface area contributed by atoms with Crippen LogP contribution in [-0.4, -0.2) is 6.18 Å². The summed E-state index contributed by atoms with van der Waals surface area (Å²) in [4.78, 5) is 0. The van der Waals surface area contributed by atoms with E-state index in [1.54, 1.807) is 6.07 Å². The van der Waals surface area contributed by atoms with Crippen molar-refractivity contribution in [2.75, 3.05) is 0 Å². The summed E-state index contributed by atoms with van der Waals surface area (Å²) in [6, 6.07) is 3.63. The summed E-state index contributed by atoms with van der Waals surface area (Å²) >= 11 is 3.14. The molecule has 17 heavy (non-hydrogen) atoms. The van der Waals surface area contributed by atoms with Gasteiger partial charge in [-0.15, -0.1) is 0 Å². The van der Waals surface area contributed by atoms with E-state index in [0.717, 1.165) is 0 Å². The van der Waals surface area contributed by atoms with E-state index >= 15 is 0 Å². The molecule has 1 aromatic carbocycles. The molecule has 96 valence electrons. The average molecular weight is 314 g/mol. The molecular formula is C11H12BrF4N. The van der Waals surface area contributed by atoms with Crippen LogP contribution in [0.4, 0.5) is 17.6 Å². The molecule has 0 radical (unpaired) electrons. The highest BCUT2D eigenvalue weighted by atomic mass is 79.9. The number of hydrogen-bond donors (Lipinski definition) is 1. The second-order valence-electron chi connectivity index (χ2n) is 3.75. The number of hydrogen-bond acceptors (Lipinski definition) is 1. The number of rotatable bonds is 4. The van der Waals surface area contributed by atoms with Crippen molar-refractivity contribution in [3.8, 4) is 0 Å². The third-order valence-corrected chi connectivity index (χ3v) is 3.04. The lowest BCUT2D eigenvalue weighted by Gasteiger charge is -2.15. The molecule has 0 aromatic heterocycles. The lowest BCUT2D eigenvalue weighted by Crippen LogP contribution is -2.15. The Hall–Kier alpha value is -0.620. The Morgan fingerprint density at radius 1 is 1.29 bits per heavy atom. The van der Waals surface area contributed by atoms with Gasteiger partial charge in [0.1, 0.15) is 5.82 Å². The van der Waals surface area contributed by atoms with Crippen LogP contribution in [0.25, 0.3) is 0 Å². The third kappa shape index (κ3) is 4.63. The van der Waals surface area contributed by atoms with E-state index < -0.39 is 24.5 Å². The first kappa shape index (κ1) is 14.4. The summed E-state index contributed by atoms with van der Waals surface area (Å²) in [6.45, 7) is 0. The predicted octanol–water partition coefficient (Wildman–Crippen LogP) is 4.32. The summed E-state index contributed by atoms with van der Waals surface area (Å²) in [5.41, 5.74) is 5.92. The summed E-state index contributed by atoms with van der Waals surface area (Å²) in [6.07, 6.45) is -5.09. The maximum atomic E-state index is 13.4. The molecule has 0 amide bonds. The van der Waals surface area contributed by atoms with E-state index in [1.165, 1.54) is 12.1 Å². The average Bonchev–Trinajstić information content (AvgIpc) is 2.15. The molecule has 6 heteroatoms. The molecule has 1 atom stereocenters. The lowest BCUT2D eigenvalue weighted by atomic mass is 10.0. The van der Waals surface area contributed by atoms with Crippen LogP contribution in [0.3, 0.4) is 0 Å². The highest BCUT2D eigenvalue weighted by Gasteiger charge is 2.27. The normalized spacial score (nSPS) is 13.8. The monoisotopic (exact) mass is 313 g/mol. The first-order valence-corrected chi connectivity index (χ1v) is 5.87. The zero-order chi connectivity index (χ0) is 13.1. The fourth-order valence-corrected chi connectivity index (χ4v) is 2.17. The summed E-state index contributed by atoms with van der Waals surface area (Å²) in [5, 5.41) is 0. The molecule has 1 rings (SSSR count). The molecule has 0 saturated heterocycles. The Morgan fingerprint density at radius 3 is 2.47 bits per heavy atom. The molecule has 1 aromatic rings. The van der Waals surface area contributed by atoms with Gasteiger partial charge in [-0.1, -0.05) is 22.0 Å². The highest BCUT2D eigenvalue weighted by Crippen LogP contribution is 2.30. The predicted molar refractivity (Wildman–Crippen MR) is 60.9 cm³/mol. The van der Waals surface area contributed by atoms with Gasteiger partial charge in [-0.2, -0.15) is 13.2 Å². The van der Waals surface area contributed by atoms with Crippen molar-refractivity contribution in [1.29, 1.82) is 0 Å². The zero-order valence-electron chi connectivity index (χ0n) is 8.90. The molecule has 0 aliphatic heterocycles. The minimum absolute atomic E-state index is 0.0963. The largest absolute Gasteiger partial charge is 0.389 e. The van der Waals surface area contributed by atoms with Crippen LogP contribution in [0.5, 0.6) is 0 Å². The SMILES string of the molecule is NC(CCCC(F)(F)F)c1c(F)cccc1Br. The van der Waals surface area contributed by atoms with Crippen LogP contribution in [0.1, 0.15) is 30.9 Å². The van der Waals surface area contributed by atoms with Gasteiger partial charge < -0.3 is 5.73 Å². The van der Waals surface area contributed by atoms with E-state index in [1.807, 2.05) is 0 Å². The van der Waals surface area contributed by atoms with Gasteiger partial charge in [-0.3, -0.25) is 0 Å². The maximum Gasteiger partial charge on any atom is 0.389 e. The molecule has 0 saturated carbocycles. The van der Waals surface area contributed by atoms with Gasteiger partial charge in [0.05, 0.1) is 0 Å². The van der Waals surface area contributed by atoms with Gasteiger partial charge in [0, 0.05) is 22.5 Å². The summed E-state index contributed by atoms with van der Waals surface area (Å²) < 4.78 is 49.7. The fourth-order valence-electron chi connectivity index (χ4n) is 1.53. The van der Waals surface area contributed by atoms with Crippen molar-refractivity contribution in [2.45, 2.75) is 31.5 Å². The Labute approximate surface area is 105 Å². The van der Waals surface area contributed by atoms with Crippen LogP contribution in [-0.2, 0) is 0 Å². The molecule has 2 N–H and O–H groups in total. The van der Waals surface area contributed by atoms with Gasteiger partial charge in [0.15, 0.2) is 0 Å². The van der Waals surface area contributed by atoms with Crippen molar-refractivity contribution in [3.63, 3.8) is 0 Å². The quantitative estimate of drug-likeness (QED) is 0.823. The standard InChI is InChI=1S/C11H12BrF4N/c12-7-3-1-4-8(13)10(7)9(17)5-2-6-11(14,15)16/h1,3-4,9H,2,5-6,17H2. The van der Waals surface area contributed by atoms with E-state index in [4.69, 9.17) is 5.73 Å². The molecule has 0 spiro atoms. The molecule has 0 aliphatic carbocycles. The molecule has 0 aliphatic rings. The van der Waals surface area contributed by atoms with Crippen LogP contribution in [0, 0.1) is 5.82 Å². The minimum atomic E-state index is -4.19. The molecule has 1 unspecified atom stereocenters. The fraction of sp³-hybridized carbons (Fsp3) is 0.455. The van der Waals surface area contributed by atoms with Gasteiger partial charge >= 0.3 is 6.18 Å². The zero-order valence-corrected chi connectivity index (χ0v) is 10.5. The van der Waals surface area contributed by atoms with E-state index in [9.17, 15) is 17.6 Å². The van der Waals surface area contributed by atoms with Crippen molar-refractivity contribution >= 4 is 15.9 Å². The highest BCUT2D eigenvalue weighted by molar-refractivity contribution is 9.10. The van der Waals surface area contributed by atoms with E-state index in [0.29, 0.717) is 4.47 Å². The molecular weight excluding hydrogens is 302 g/mol. The Balaban J connectivity index is 2.61. The van der Waals surface area contributed by atoms with Crippen LogP contribution in [0.2, 0.25) is 0 Å². The number of benzene rings is 1. The molecule has 0 heterocycles. The third-order valence-electron chi connectivity index (χ3n) is 2.35.